The molecule has 19 heavy (non-hydrogen) atoms. The third-order valence-corrected chi connectivity index (χ3v) is 3.30. The molecule has 2 aliphatic heterocycles. The quantitative estimate of drug-likeness (QED) is 0.466. The number of aliphatic carboxylic acids is 1. The predicted molar refractivity (Wildman–Crippen MR) is 62.5 cm³/mol. The van der Waals surface area contributed by atoms with E-state index in [1.807, 2.05) is 0 Å². The Morgan fingerprint density at radius 1 is 1.47 bits per heavy atom. The zero-order valence-corrected chi connectivity index (χ0v) is 10.2. The lowest BCUT2D eigenvalue weighted by Gasteiger charge is -2.36. The van der Waals surface area contributed by atoms with Gasteiger partial charge in [0.15, 0.2) is 6.04 Å². The van der Waals surface area contributed by atoms with Crippen LogP contribution in [0.5, 0.6) is 0 Å². The summed E-state index contributed by atoms with van der Waals surface area (Å²) in [5.74, 6) is -1.29. The summed E-state index contributed by atoms with van der Waals surface area (Å²) in [7, 11) is 0. The molecule has 2 rings (SSSR count). The highest BCUT2D eigenvalue weighted by atomic mass is 16.4. The molecule has 2 saturated heterocycles. The maximum Gasteiger partial charge on any atom is 0.328 e. The summed E-state index contributed by atoms with van der Waals surface area (Å²) in [4.78, 5) is 37.1. The van der Waals surface area contributed by atoms with Crippen molar-refractivity contribution in [3.8, 4) is 0 Å². The summed E-state index contributed by atoms with van der Waals surface area (Å²) in [6.45, 7) is 0.923. The number of nitrogens with zero attached hydrogens (tertiary/aromatic N) is 2. The second-order valence-corrected chi connectivity index (χ2v) is 4.50. The van der Waals surface area contributed by atoms with Crippen LogP contribution in [0.15, 0.2) is 0 Å². The van der Waals surface area contributed by atoms with Gasteiger partial charge in [-0.2, -0.15) is 0 Å². The van der Waals surface area contributed by atoms with Gasteiger partial charge in [-0.3, -0.25) is 0 Å². The highest BCUT2D eigenvalue weighted by Crippen LogP contribution is 2.14. The van der Waals surface area contributed by atoms with Crippen LogP contribution in [0.2, 0.25) is 0 Å². The van der Waals surface area contributed by atoms with Crippen molar-refractivity contribution in [2.24, 2.45) is 0 Å². The average molecular weight is 272 g/mol. The van der Waals surface area contributed by atoms with Gasteiger partial charge in [-0.25, -0.2) is 14.4 Å². The Kier molecular flexibility index (Phi) is 3.74. The summed E-state index contributed by atoms with van der Waals surface area (Å²) >= 11 is 0. The summed E-state index contributed by atoms with van der Waals surface area (Å²) in [6, 6.07) is -2.07. The van der Waals surface area contributed by atoms with Crippen molar-refractivity contribution >= 4 is 18.0 Å². The Morgan fingerprint density at radius 2 is 2.21 bits per heavy atom. The van der Waals surface area contributed by atoms with Crippen molar-refractivity contribution in [3.05, 3.63) is 0 Å². The van der Waals surface area contributed by atoms with Crippen LogP contribution in [-0.4, -0.2) is 82.9 Å². The van der Waals surface area contributed by atoms with E-state index in [2.05, 4.69) is 10.6 Å². The number of urea groups is 2. The fraction of sp³-hybridized carbons (Fsp3) is 0.700. The van der Waals surface area contributed by atoms with Crippen LogP contribution in [0.4, 0.5) is 9.59 Å². The van der Waals surface area contributed by atoms with Gasteiger partial charge in [0.2, 0.25) is 0 Å². The van der Waals surface area contributed by atoms with Crippen LogP contribution in [0.3, 0.4) is 0 Å². The third kappa shape index (κ3) is 2.70. The zero-order chi connectivity index (χ0) is 14.0. The Hall–Kier alpha value is -2.03. The molecule has 0 spiro atoms. The molecule has 0 radical (unpaired) electrons. The van der Waals surface area contributed by atoms with Crippen molar-refractivity contribution in [1.82, 2.24) is 20.4 Å². The monoisotopic (exact) mass is 272 g/mol. The van der Waals surface area contributed by atoms with Gasteiger partial charge in [-0.15, -0.1) is 0 Å². The molecule has 106 valence electrons. The van der Waals surface area contributed by atoms with Gasteiger partial charge in [-0.1, -0.05) is 0 Å². The SMILES string of the molecule is O=C(O)[C@@H](CO)NC(=O)N1CCN2C(=O)NCC2C1. The largest absolute Gasteiger partial charge is 0.480 e. The van der Waals surface area contributed by atoms with Crippen LogP contribution in [-0.2, 0) is 4.79 Å². The summed E-state index contributed by atoms with van der Waals surface area (Å²) < 4.78 is 0. The molecule has 9 nitrogen and oxygen atoms in total. The van der Waals surface area contributed by atoms with E-state index >= 15 is 0 Å². The topological polar surface area (TPSA) is 122 Å². The van der Waals surface area contributed by atoms with Gasteiger partial charge in [0.1, 0.15) is 0 Å². The fourth-order valence-electron chi connectivity index (χ4n) is 2.21. The lowest BCUT2D eigenvalue weighted by atomic mass is 10.2. The van der Waals surface area contributed by atoms with Crippen LogP contribution in [0.1, 0.15) is 0 Å². The number of hydrogen-bond donors (Lipinski definition) is 4. The van der Waals surface area contributed by atoms with Crippen LogP contribution in [0.25, 0.3) is 0 Å². The van der Waals surface area contributed by atoms with Gasteiger partial charge in [0.25, 0.3) is 0 Å². The standard InChI is InChI=1S/C10H16N4O5/c15-5-7(8(16)17)12-10(19)13-1-2-14-6(4-13)3-11-9(14)18/h6-7,15H,1-5H2,(H,11,18)(H,12,19)(H,16,17)/t6?,7-/m1/s1. The van der Waals surface area contributed by atoms with Crippen molar-refractivity contribution < 1.29 is 24.6 Å². The Balaban J connectivity index is 1.91. The molecule has 0 bridgehead atoms. The zero-order valence-electron chi connectivity index (χ0n) is 10.2. The second kappa shape index (κ2) is 5.31. The molecule has 0 aliphatic carbocycles. The molecule has 0 aromatic carbocycles. The number of hydrogen-bond acceptors (Lipinski definition) is 4. The Labute approximate surface area is 109 Å². The van der Waals surface area contributed by atoms with E-state index in [1.165, 1.54) is 4.90 Å². The first-order chi connectivity index (χ1) is 9.02. The van der Waals surface area contributed by atoms with Crippen molar-refractivity contribution in [3.63, 3.8) is 0 Å². The number of carbonyl (C=O) groups is 3. The summed E-state index contributed by atoms with van der Waals surface area (Å²) in [5, 5.41) is 22.5. The van der Waals surface area contributed by atoms with Crippen LogP contribution < -0.4 is 10.6 Å². The maximum absolute atomic E-state index is 11.9. The summed E-state index contributed by atoms with van der Waals surface area (Å²) in [5.41, 5.74) is 0. The van der Waals surface area contributed by atoms with E-state index in [9.17, 15) is 14.4 Å². The minimum atomic E-state index is -1.31. The third-order valence-electron chi connectivity index (χ3n) is 3.30. The van der Waals surface area contributed by atoms with E-state index in [-0.39, 0.29) is 12.1 Å². The Bertz CT molecular complexity index is 401. The van der Waals surface area contributed by atoms with E-state index in [0.29, 0.717) is 26.2 Å². The molecule has 9 heteroatoms. The molecule has 0 aromatic rings. The molecular formula is C10H16N4O5. The van der Waals surface area contributed by atoms with Crippen LogP contribution in [0, 0.1) is 0 Å². The molecule has 2 heterocycles. The van der Waals surface area contributed by atoms with Crippen molar-refractivity contribution in [2.45, 2.75) is 12.1 Å². The van der Waals surface area contributed by atoms with E-state index in [1.54, 1.807) is 4.90 Å². The maximum atomic E-state index is 11.9. The van der Waals surface area contributed by atoms with Gasteiger partial charge >= 0.3 is 18.0 Å². The van der Waals surface area contributed by atoms with Gasteiger partial charge < -0.3 is 30.6 Å². The van der Waals surface area contributed by atoms with Crippen molar-refractivity contribution in [1.29, 1.82) is 0 Å². The first kappa shape index (κ1) is 13.4. The smallest absolute Gasteiger partial charge is 0.328 e. The first-order valence-corrected chi connectivity index (χ1v) is 5.96. The number of aliphatic hydroxyl groups is 1. The second-order valence-electron chi connectivity index (χ2n) is 4.50. The number of carboxylic acid groups (broad SMARTS) is 1. The molecular weight excluding hydrogens is 256 g/mol. The number of rotatable bonds is 3. The van der Waals surface area contributed by atoms with Crippen molar-refractivity contribution in [2.75, 3.05) is 32.8 Å². The van der Waals surface area contributed by atoms with Gasteiger partial charge in [0, 0.05) is 26.2 Å². The van der Waals surface area contributed by atoms with Crippen LogP contribution >= 0.6 is 0 Å². The molecule has 2 fully saturated rings. The van der Waals surface area contributed by atoms with Gasteiger partial charge in [-0.05, 0) is 0 Å². The lowest BCUT2D eigenvalue weighted by molar-refractivity contribution is -0.140. The molecule has 4 amide bonds. The fourth-order valence-corrected chi connectivity index (χ4v) is 2.21. The molecule has 0 saturated carbocycles. The molecule has 2 atom stereocenters. The average Bonchev–Trinajstić information content (AvgIpc) is 2.76. The number of fused-ring (bicyclic) bond motifs is 1. The molecule has 4 N–H and O–H groups in total. The number of carbonyl (C=O) groups excluding carboxylic acids is 2. The molecule has 0 aromatic heterocycles. The number of carboxylic acids is 1. The Morgan fingerprint density at radius 3 is 2.84 bits per heavy atom. The highest BCUT2D eigenvalue weighted by Gasteiger charge is 2.37. The summed E-state index contributed by atoms with van der Waals surface area (Å²) in [6.07, 6.45) is 0. The van der Waals surface area contributed by atoms with E-state index in [4.69, 9.17) is 10.2 Å². The number of amides is 4. The minimum absolute atomic E-state index is 0.0793. The first-order valence-electron chi connectivity index (χ1n) is 5.96. The van der Waals surface area contributed by atoms with E-state index < -0.39 is 24.6 Å². The molecule has 1 unspecified atom stereocenters. The number of aliphatic hydroxyl groups excluding tert-OH is 1. The minimum Gasteiger partial charge on any atom is -0.480 e. The predicted octanol–water partition coefficient (Wildman–Crippen LogP) is -2.15. The highest BCUT2D eigenvalue weighted by molar-refractivity contribution is 5.83. The molecule has 2 aliphatic rings. The number of piperazine rings is 1. The lowest BCUT2D eigenvalue weighted by Crippen LogP contribution is -2.58. The van der Waals surface area contributed by atoms with E-state index in [0.717, 1.165) is 0 Å². The van der Waals surface area contributed by atoms with Gasteiger partial charge in [0.05, 0.1) is 12.6 Å². The number of nitrogens with one attached hydrogen (secondary N) is 2. The normalized spacial score (nSPS) is 23.6.